The minimum Gasteiger partial charge on any atom is -0.292 e. The average Bonchev–Trinajstić information content (AvgIpc) is 1.65. The third-order valence-corrected chi connectivity index (χ3v) is 0.200. The van der Waals surface area contributed by atoms with Gasteiger partial charge in [0.25, 0.3) is 0 Å². The zero-order chi connectivity index (χ0) is 4.99. The van der Waals surface area contributed by atoms with Crippen molar-refractivity contribution in [1.29, 1.82) is 0 Å². The van der Waals surface area contributed by atoms with Crippen LogP contribution in [0, 0.1) is 0 Å². The Morgan fingerprint density at radius 3 is 2.33 bits per heavy atom. The van der Waals surface area contributed by atoms with E-state index in [4.69, 9.17) is 4.79 Å². The second kappa shape index (κ2) is 2.32. The predicted molar refractivity (Wildman–Crippen MR) is 15.3 cm³/mol. The highest BCUT2D eigenvalue weighted by atomic mass is 19.2. The van der Waals surface area contributed by atoms with Gasteiger partial charge in [-0.3, -0.25) is 9.59 Å². The van der Waals surface area contributed by atoms with Crippen molar-refractivity contribution in [3.05, 3.63) is 0 Å². The van der Waals surface area contributed by atoms with Crippen LogP contribution in [0.2, 0.25) is 0 Å². The highest BCUT2D eigenvalue weighted by molar-refractivity contribution is 6.23. The maximum atomic E-state index is 10.6. The Hall–Kier alpha value is -0.930. The van der Waals surface area contributed by atoms with Crippen LogP contribution >= 0.6 is 0 Å². The molecule has 4 heteroatoms. The Morgan fingerprint density at radius 1 is 1.83 bits per heavy atom. The molecule has 0 spiro atoms. The van der Waals surface area contributed by atoms with Crippen molar-refractivity contribution in [2.75, 3.05) is 0 Å². The summed E-state index contributed by atoms with van der Waals surface area (Å²) < 4.78 is 10.6. The molecule has 0 fully saturated rings. The molecule has 0 aliphatic rings. The standard InChI is InChI=1S/C2H2FNO2/c3-4-2(6)1-5/h1H,(H,4,6). The second-order valence-corrected chi connectivity index (χ2v) is 0.577. The van der Waals surface area contributed by atoms with Crippen LogP contribution in [-0.2, 0) is 9.59 Å². The Morgan fingerprint density at radius 2 is 2.33 bits per heavy atom. The van der Waals surface area contributed by atoms with Crippen molar-refractivity contribution in [3.8, 4) is 0 Å². The second-order valence-electron chi connectivity index (χ2n) is 0.577. The molecule has 0 bridgehead atoms. The van der Waals surface area contributed by atoms with Gasteiger partial charge in [-0.2, -0.15) is 5.54 Å². The van der Waals surface area contributed by atoms with Gasteiger partial charge in [-0.1, -0.05) is 4.48 Å². The summed E-state index contributed by atoms with van der Waals surface area (Å²) in [7, 11) is 0. The molecule has 0 unspecified atom stereocenters. The molecule has 0 saturated carbocycles. The number of hydrogen-bond donors (Lipinski definition) is 1. The van der Waals surface area contributed by atoms with Gasteiger partial charge in [0.15, 0.2) is 0 Å². The fourth-order valence-electron chi connectivity index (χ4n) is 0.0223. The van der Waals surface area contributed by atoms with Crippen LogP contribution in [0.25, 0.3) is 0 Å². The predicted octanol–water partition coefficient (Wildman–Crippen LogP) is -0.814. The van der Waals surface area contributed by atoms with Crippen LogP contribution in [0.4, 0.5) is 4.48 Å². The summed E-state index contributed by atoms with van der Waals surface area (Å²) in [5.41, 5.74) is 0.608. The van der Waals surface area contributed by atoms with Crippen LogP contribution in [0.1, 0.15) is 0 Å². The molecule has 0 aromatic carbocycles. The van der Waals surface area contributed by atoms with E-state index < -0.39 is 5.91 Å². The van der Waals surface area contributed by atoms with E-state index in [0.29, 0.717) is 5.54 Å². The van der Waals surface area contributed by atoms with Gasteiger partial charge in [0.2, 0.25) is 6.29 Å². The summed E-state index contributed by atoms with van der Waals surface area (Å²) in [4.78, 5) is 18.4. The molecule has 6 heavy (non-hydrogen) atoms. The zero-order valence-corrected chi connectivity index (χ0v) is 2.77. The number of carbonyl (C=O) groups is 2. The Balaban J connectivity index is 3.23. The first-order valence-corrected chi connectivity index (χ1v) is 1.17. The number of carbonyl (C=O) groups excluding carboxylic acids is 2. The van der Waals surface area contributed by atoms with Crippen molar-refractivity contribution in [2.45, 2.75) is 0 Å². The minimum absolute atomic E-state index is 0.153. The molecule has 0 rings (SSSR count). The van der Waals surface area contributed by atoms with Gasteiger partial charge in [-0.25, -0.2) is 0 Å². The molecule has 3 nitrogen and oxygen atoms in total. The van der Waals surface area contributed by atoms with E-state index in [0.717, 1.165) is 0 Å². The molecule has 0 atom stereocenters. The van der Waals surface area contributed by atoms with E-state index in [2.05, 4.69) is 0 Å². The summed E-state index contributed by atoms with van der Waals surface area (Å²) in [6, 6.07) is 0. The fraction of sp³-hybridized carbons (Fsp3) is 0. The van der Waals surface area contributed by atoms with E-state index >= 15 is 0 Å². The van der Waals surface area contributed by atoms with Crippen molar-refractivity contribution in [2.24, 2.45) is 0 Å². The van der Waals surface area contributed by atoms with Crippen molar-refractivity contribution >= 4 is 12.2 Å². The molecule has 0 aromatic heterocycles. The van der Waals surface area contributed by atoms with Gasteiger partial charge in [-0.15, -0.1) is 0 Å². The Labute approximate surface area is 33.1 Å². The Kier molecular flexibility index (Phi) is 1.96. The molecule has 0 saturated heterocycles. The first-order valence-electron chi connectivity index (χ1n) is 1.17. The first-order chi connectivity index (χ1) is 2.81. The molecule has 0 aliphatic heterocycles. The van der Waals surface area contributed by atoms with E-state index in [1.807, 2.05) is 0 Å². The number of halogens is 1. The first kappa shape index (κ1) is 5.07. The molecule has 0 heterocycles. The maximum absolute atomic E-state index is 10.6. The van der Waals surface area contributed by atoms with E-state index in [9.17, 15) is 9.28 Å². The number of rotatable bonds is 1. The van der Waals surface area contributed by atoms with Gasteiger partial charge in [0.1, 0.15) is 0 Å². The fourth-order valence-corrected chi connectivity index (χ4v) is 0.0223. The number of hydrogen-bond acceptors (Lipinski definition) is 2. The lowest BCUT2D eigenvalue weighted by Gasteiger charge is -1.73. The number of amides is 1. The van der Waals surface area contributed by atoms with Crippen molar-refractivity contribution in [1.82, 2.24) is 5.54 Å². The maximum Gasteiger partial charge on any atom is 0.311 e. The van der Waals surface area contributed by atoms with Crippen LogP contribution in [-0.4, -0.2) is 12.2 Å². The molecule has 1 N–H and O–H groups in total. The van der Waals surface area contributed by atoms with Gasteiger partial charge in [0.05, 0.1) is 0 Å². The van der Waals surface area contributed by atoms with Crippen LogP contribution in [0.15, 0.2) is 0 Å². The average molecular weight is 91.0 g/mol. The van der Waals surface area contributed by atoms with Crippen molar-refractivity contribution in [3.63, 3.8) is 0 Å². The summed E-state index contributed by atoms with van der Waals surface area (Å²) >= 11 is 0. The summed E-state index contributed by atoms with van der Waals surface area (Å²) in [6.45, 7) is 0. The van der Waals surface area contributed by atoms with E-state index in [-0.39, 0.29) is 6.29 Å². The van der Waals surface area contributed by atoms with Crippen LogP contribution in [0.3, 0.4) is 0 Å². The number of nitrogens with one attached hydrogen (secondary N) is 1. The minimum atomic E-state index is -1.25. The van der Waals surface area contributed by atoms with Gasteiger partial charge >= 0.3 is 5.91 Å². The highest BCUT2D eigenvalue weighted by Crippen LogP contribution is 1.50. The molecule has 1 amide bonds. The third-order valence-electron chi connectivity index (χ3n) is 0.200. The monoisotopic (exact) mass is 91.0 g/mol. The SMILES string of the molecule is O=CC(=O)NF. The number of aldehydes is 1. The van der Waals surface area contributed by atoms with Crippen LogP contribution in [0.5, 0.6) is 0 Å². The lowest BCUT2D eigenvalue weighted by molar-refractivity contribution is -0.134. The topological polar surface area (TPSA) is 46.2 Å². The lowest BCUT2D eigenvalue weighted by Crippen LogP contribution is -2.13. The molecular weight excluding hydrogens is 89.0 g/mol. The molecule has 0 aromatic rings. The summed E-state index contributed by atoms with van der Waals surface area (Å²) in [5.74, 6) is -1.25. The summed E-state index contributed by atoms with van der Waals surface area (Å²) in [5, 5.41) is 0. The molecule has 34 valence electrons. The highest BCUT2D eigenvalue weighted by Gasteiger charge is 1.88. The smallest absolute Gasteiger partial charge is 0.292 e. The summed E-state index contributed by atoms with van der Waals surface area (Å²) in [6.07, 6.45) is -0.153. The van der Waals surface area contributed by atoms with Gasteiger partial charge in [-0.05, 0) is 0 Å². The van der Waals surface area contributed by atoms with Crippen molar-refractivity contribution < 1.29 is 14.1 Å². The quantitative estimate of drug-likeness (QED) is 0.260. The van der Waals surface area contributed by atoms with Crippen LogP contribution < -0.4 is 5.54 Å². The normalized spacial score (nSPS) is 6.83. The van der Waals surface area contributed by atoms with Gasteiger partial charge in [0, 0.05) is 0 Å². The van der Waals surface area contributed by atoms with E-state index in [1.54, 1.807) is 0 Å². The molecule has 0 aliphatic carbocycles. The molecule has 0 radical (unpaired) electrons. The third kappa shape index (κ3) is 1.40. The van der Waals surface area contributed by atoms with E-state index in [1.165, 1.54) is 0 Å². The molecular formula is C2H2FNO2. The largest absolute Gasteiger partial charge is 0.311 e. The van der Waals surface area contributed by atoms with Gasteiger partial charge < -0.3 is 0 Å². The zero-order valence-electron chi connectivity index (χ0n) is 2.77. The Bertz CT molecular complexity index is 71.9. The lowest BCUT2D eigenvalue weighted by atomic mass is 10.7.